The molecule has 112 valence electrons. The van der Waals surface area contributed by atoms with Gasteiger partial charge in [-0.1, -0.05) is 18.9 Å². The number of piperidine rings is 1. The number of nitrogens with zero attached hydrogens (tertiary/aromatic N) is 2. The Hall–Kier alpha value is -1.42. The van der Waals surface area contributed by atoms with Crippen molar-refractivity contribution in [1.82, 2.24) is 14.9 Å². The van der Waals surface area contributed by atoms with E-state index in [4.69, 9.17) is 0 Å². The van der Waals surface area contributed by atoms with Crippen LogP contribution in [0.4, 0.5) is 4.39 Å². The lowest BCUT2D eigenvalue weighted by atomic mass is 9.77. The van der Waals surface area contributed by atoms with E-state index in [0.29, 0.717) is 11.6 Å². The van der Waals surface area contributed by atoms with E-state index in [1.165, 1.54) is 38.2 Å². The van der Waals surface area contributed by atoms with E-state index >= 15 is 0 Å². The SMILES string of the molecule is Cn1c(C2CCC3CCCCC3N2)nc2c(F)cccc21. The van der Waals surface area contributed by atoms with E-state index in [1.807, 2.05) is 13.1 Å². The number of halogens is 1. The molecule has 1 aliphatic heterocycles. The summed E-state index contributed by atoms with van der Waals surface area (Å²) in [7, 11) is 2.00. The summed E-state index contributed by atoms with van der Waals surface area (Å²) in [5.74, 6) is 1.60. The van der Waals surface area contributed by atoms with Gasteiger partial charge in [0.2, 0.25) is 0 Å². The van der Waals surface area contributed by atoms with Gasteiger partial charge in [-0.25, -0.2) is 9.37 Å². The minimum absolute atomic E-state index is 0.222. The lowest BCUT2D eigenvalue weighted by molar-refractivity contribution is 0.172. The third kappa shape index (κ3) is 2.16. The predicted octanol–water partition coefficient (Wildman–Crippen LogP) is 3.70. The van der Waals surface area contributed by atoms with Gasteiger partial charge >= 0.3 is 0 Å². The molecule has 1 aromatic heterocycles. The molecule has 1 saturated carbocycles. The molecule has 0 bridgehead atoms. The summed E-state index contributed by atoms with van der Waals surface area (Å²) >= 11 is 0. The number of para-hydroxylation sites is 1. The lowest BCUT2D eigenvalue weighted by Gasteiger charge is -2.40. The van der Waals surface area contributed by atoms with Crippen LogP contribution in [0.3, 0.4) is 0 Å². The minimum Gasteiger partial charge on any atom is -0.330 e. The zero-order valence-electron chi connectivity index (χ0n) is 12.5. The van der Waals surface area contributed by atoms with Crippen LogP contribution < -0.4 is 5.32 Å². The van der Waals surface area contributed by atoms with E-state index in [-0.39, 0.29) is 11.9 Å². The fourth-order valence-corrected chi connectivity index (χ4v) is 4.21. The average Bonchev–Trinajstić information content (AvgIpc) is 2.86. The number of fused-ring (bicyclic) bond motifs is 2. The molecule has 1 aliphatic carbocycles. The number of imidazole rings is 1. The molecule has 0 amide bonds. The molecule has 4 rings (SSSR count). The van der Waals surface area contributed by atoms with E-state index in [9.17, 15) is 4.39 Å². The Morgan fingerprint density at radius 2 is 2.05 bits per heavy atom. The zero-order valence-corrected chi connectivity index (χ0v) is 12.5. The van der Waals surface area contributed by atoms with Crippen LogP contribution in [0.15, 0.2) is 18.2 Å². The fraction of sp³-hybridized carbons (Fsp3) is 0.588. The van der Waals surface area contributed by atoms with Gasteiger partial charge in [-0.3, -0.25) is 0 Å². The minimum atomic E-state index is -0.222. The van der Waals surface area contributed by atoms with Crippen molar-refractivity contribution >= 4 is 11.0 Å². The molecule has 2 aromatic rings. The average molecular weight is 287 g/mol. The smallest absolute Gasteiger partial charge is 0.151 e. The van der Waals surface area contributed by atoms with Crippen molar-refractivity contribution in [3.63, 3.8) is 0 Å². The number of benzene rings is 1. The Bertz CT molecular complexity index is 663. The van der Waals surface area contributed by atoms with Crippen LogP contribution in [-0.4, -0.2) is 15.6 Å². The Morgan fingerprint density at radius 3 is 2.90 bits per heavy atom. The number of aryl methyl sites for hydroxylation is 1. The summed E-state index contributed by atoms with van der Waals surface area (Å²) in [5.41, 5.74) is 1.39. The van der Waals surface area contributed by atoms with Crippen molar-refractivity contribution in [2.24, 2.45) is 13.0 Å². The highest BCUT2D eigenvalue weighted by molar-refractivity contribution is 5.76. The lowest BCUT2D eigenvalue weighted by Crippen LogP contribution is -2.45. The second-order valence-corrected chi connectivity index (χ2v) is 6.58. The molecule has 1 aromatic carbocycles. The normalized spacial score (nSPS) is 29.5. The molecule has 2 fully saturated rings. The second-order valence-electron chi connectivity index (χ2n) is 6.58. The van der Waals surface area contributed by atoms with Crippen molar-refractivity contribution in [3.05, 3.63) is 29.8 Å². The molecule has 0 spiro atoms. The van der Waals surface area contributed by atoms with Crippen molar-refractivity contribution in [2.75, 3.05) is 0 Å². The maximum absolute atomic E-state index is 13.9. The molecular formula is C17H22FN3. The first-order valence-corrected chi connectivity index (χ1v) is 8.11. The van der Waals surface area contributed by atoms with Crippen molar-refractivity contribution < 1.29 is 4.39 Å². The second kappa shape index (κ2) is 5.09. The van der Waals surface area contributed by atoms with Gasteiger partial charge in [0.1, 0.15) is 11.3 Å². The molecular weight excluding hydrogens is 265 g/mol. The highest BCUT2D eigenvalue weighted by Crippen LogP contribution is 2.37. The van der Waals surface area contributed by atoms with Crippen molar-refractivity contribution in [1.29, 1.82) is 0 Å². The van der Waals surface area contributed by atoms with Crippen LogP contribution in [0, 0.1) is 11.7 Å². The number of rotatable bonds is 1. The van der Waals surface area contributed by atoms with E-state index in [1.54, 1.807) is 6.07 Å². The van der Waals surface area contributed by atoms with Crippen LogP contribution in [0.1, 0.15) is 50.4 Å². The summed E-state index contributed by atoms with van der Waals surface area (Å²) < 4.78 is 16.0. The summed E-state index contributed by atoms with van der Waals surface area (Å²) in [6.07, 6.45) is 7.73. The highest BCUT2D eigenvalue weighted by atomic mass is 19.1. The Balaban J connectivity index is 1.67. The maximum Gasteiger partial charge on any atom is 0.151 e. The Morgan fingerprint density at radius 1 is 1.19 bits per heavy atom. The largest absolute Gasteiger partial charge is 0.330 e. The van der Waals surface area contributed by atoms with Crippen LogP contribution >= 0.6 is 0 Å². The number of hydrogen-bond donors (Lipinski definition) is 1. The molecule has 1 N–H and O–H groups in total. The monoisotopic (exact) mass is 287 g/mol. The van der Waals surface area contributed by atoms with Gasteiger partial charge in [-0.05, 0) is 43.7 Å². The summed E-state index contributed by atoms with van der Waals surface area (Å²) in [5, 5.41) is 3.79. The highest BCUT2D eigenvalue weighted by Gasteiger charge is 2.34. The maximum atomic E-state index is 13.9. The van der Waals surface area contributed by atoms with Gasteiger partial charge in [-0.15, -0.1) is 0 Å². The third-order valence-corrected chi connectivity index (χ3v) is 5.36. The van der Waals surface area contributed by atoms with E-state index < -0.39 is 0 Å². The molecule has 2 aliphatic rings. The fourth-order valence-electron chi connectivity index (χ4n) is 4.21. The molecule has 3 nitrogen and oxygen atoms in total. The Labute approximate surface area is 124 Å². The zero-order chi connectivity index (χ0) is 14.4. The van der Waals surface area contributed by atoms with Crippen LogP contribution in [0.25, 0.3) is 11.0 Å². The van der Waals surface area contributed by atoms with E-state index in [2.05, 4.69) is 14.9 Å². The van der Waals surface area contributed by atoms with Crippen LogP contribution in [-0.2, 0) is 7.05 Å². The van der Waals surface area contributed by atoms with Gasteiger partial charge in [-0.2, -0.15) is 0 Å². The quantitative estimate of drug-likeness (QED) is 0.867. The third-order valence-electron chi connectivity index (χ3n) is 5.36. The first kappa shape index (κ1) is 13.3. The van der Waals surface area contributed by atoms with Gasteiger partial charge < -0.3 is 9.88 Å². The molecule has 1 saturated heterocycles. The van der Waals surface area contributed by atoms with Gasteiger partial charge in [0.05, 0.1) is 11.6 Å². The summed E-state index contributed by atoms with van der Waals surface area (Å²) in [4.78, 5) is 4.60. The number of nitrogens with one attached hydrogen (secondary N) is 1. The molecule has 0 radical (unpaired) electrons. The number of aromatic nitrogens is 2. The van der Waals surface area contributed by atoms with Gasteiger partial charge in [0.15, 0.2) is 5.82 Å². The Kier molecular flexibility index (Phi) is 3.21. The van der Waals surface area contributed by atoms with Crippen LogP contribution in [0.2, 0.25) is 0 Å². The van der Waals surface area contributed by atoms with Crippen LogP contribution in [0.5, 0.6) is 0 Å². The van der Waals surface area contributed by atoms with E-state index in [0.717, 1.165) is 23.7 Å². The summed E-state index contributed by atoms with van der Waals surface area (Å²) in [6, 6.07) is 6.09. The summed E-state index contributed by atoms with van der Waals surface area (Å²) in [6.45, 7) is 0. The topological polar surface area (TPSA) is 29.9 Å². The first-order chi connectivity index (χ1) is 10.2. The predicted molar refractivity (Wildman–Crippen MR) is 81.5 cm³/mol. The van der Waals surface area contributed by atoms with Gasteiger partial charge in [0.25, 0.3) is 0 Å². The molecule has 21 heavy (non-hydrogen) atoms. The van der Waals surface area contributed by atoms with Crippen molar-refractivity contribution in [3.8, 4) is 0 Å². The van der Waals surface area contributed by atoms with Gasteiger partial charge in [0, 0.05) is 13.1 Å². The van der Waals surface area contributed by atoms with Crippen molar-refractivity contribution in [2.45, 2.75) is 50.6 Å². The number of hydrogen-bond acceptors (Lipinski definition) is 2. The molecule has 3 unspecified atom stereocenters. The molecule has 2 heterocycles. The first-order valence-electron chi connectivity index (χ1n) is 8.11. The molecule has 3 atom stereocenters. The molecule has 4 heteroatoms. The standard InChI is InChI=1S/C17H22FN3/c1-21-15-8-4-6-12(18)16(15)20-17(21)14-10-9-11-5-2-3-7-13(11)19-14/h4,6,8,11,13-14,19H,2-3,5,7,9-10H2,1H3.